The molecule has 0 spiro atoms. The molecular formula is C18H21N3. The highest BCUT2D eigenvalue weighted by Crippen LogP contribution is 2.38. The van der Waals surface area contributed by atoms with Gasteiger partial charge >= 0.3 is 0 Å². The summed E-state index contributed by atoms with van der Waals surface area (Å²) < 4.78 is 2.34. The molecule has 0 radical (unpaired) electrons. The van der Waals surface area contributed by atoms with Crippen molar-refractivity contribution in [1.82, 2.24) is 9.88 Å². The Morgan fingerprint density at radius 3 is 3.19 bits per heavy atom. The van der Waals surface area contributed by atoms with Crippen LogP contribution in [-0.2, 0) is 6.42 Å². The number of hydrogen-bond acceptors (Lipinski definition) is 2. The van der Waals surface area contributed by atoms with Crippen molar-refractivity contribution in [3.8, 4) is 0 Å². The molecule has 3 aliphatic rings. The standard InChI is InChI=1S/C18H21N3/c1-12-6-7-16-17(15(12)11-19-2)20-10-14-5-3-4-13-8-9-21(16)18(13)14/h5-10,12,15,19H,3-4,11H2,1-2H3. The molecule has 0 amide bonds. The van der Waals surface area contributed by atoms with E-state index >= 15 is 0 Å². The van der Waals surface area contributed by atoms with Gasteiger partial charge in [-0.05, 0) is 43.5 Å². The van der Waals surface area contributed by atoms with Gasteiger partial charge in [0, 0.05) is 30.4 Å². The third-order valence-corrected chi connectivity index (χ3v) is 4.85. The summed E-state index contributed by atoms with van der Waals surface area (Å²) in [6, 6.07) is 2.27. The SMILES string of the molecule is CNCC1C2=C(C=CC1C)n1ccc3c1C(=CCC3)C=N2. The molecule has 21 heavy (non-hydrogen) atoms. The average Bonchev–Trinajstić information content (AvgIpc) is 2.85. The van der Waals surface area contributed by atoms with Gasteiger partial charge in [-0.1, -0.05) is 19.1 Å². The van der Waals surface area contributed by atoms with E-state index in [4.69, 9.17) is 4.99 Å². The summed E-state index contributed by atoms with van der Waals surface area (Å²) in [4.78, 5) is 4.88. The molecule has 2 heterocycles. The molecule has 1 aliphatic heterocycles. The highest BCUT2D eigenvalue weighted by Gasteiger charge is 2.29. The third kappa shape index (κ3) is 1.88. The fourth-order valence-electron chi connectivity index (χ4n) is 3.70. The van der Waals surface area contributed by atoms with Gasteiger partial charge in [0.05, 0.1) is 17.1 Å². The van der Waals surface area contributed by atoms with Crippen molar-refractivity contribution < 1.29 is 0 Å². The lowest BCUT2D eigenvalue weighted by molar-refractivity contribution is 0.456. The zero-order valence-electron chi connectivity index (χ0n) is 12.6. The molecule has 0 saturated carbocycles. The van der Waals surface area contributed by atoms with E-state index < -0.39 is 0 Å². The first-order valence-electron chi connectivity index (χ1n) is 7.81. The Balaban J connectivity index is 1.92. The van der Waals surface area contributed by atoms with Gasteiger partial charge < -0.3 is 9.88 Å². The number of rotatable bonds is 2. The molecule has 3 heteroatoms. The molecule has 0 bridgehead atoms. The molecule has 3 nitrogen and oxygen atoms in total. The molecule has 1 aromatic heterocycles. The molecule has 0 saturated heterocycles. The van der Waals surface area contributed by atoms with E-state index in [1.165, 1.54) is 28.2 Å². The van der Waals surface area contributed by atoms with Crippen LogP contribution >= 0.6 is 0 Å². The second-order valence-corrected chi connectivity index (χ2v) is 6.17. The van der Waals surface area contributed by atoms with E-state index in [1.807, 2.05) is 7.05 Å². The zero-order valence-corrected chi connectivity index (χ0v) is 12.6. The molecule has 4 rings (SSSR count). The summed E-state index contributed by atoms with van der Waals surface area (Å²) in [5.41, 5.74) is 6.53. The van der Waals surface area contributed by atoms with Crippen LogP contribution < -0.4 is 5.32 Å². The van der Waals surface area contributed by atoms with Crippen LogP contribution in [0.15, 0.2) is 41.2 Å². The topological polar surface area (TPSA) is 29.3 Å². The van der Waals surface area contributed by atoms with E-state index in [-0.39, 0.29) is 0 Å². The third-order valence-electron chi connectivity index (χ3n) is 4.85. The first-order chi connectivity index (χ1) is 10.3. The van der Waals surface area contributed by atoms with Crippen molar-refractivity contribution in [2.45, 2.75) is 19.8 Å². The minimum absolute atomic E-state index is 0.435. The lowest BCUT2D eigenvalue weighted by Gasteiger charge is -2.27. The fraction of sp³-hybridized carbons (Fsp3) is 0.389. The van der Waals surface area contributed by atoms with E-state index in [0.29, 0.717) is 11.8 Å². The van der Waals surface area contributed by atoms with Crippen molar-refractivity contribution in [3.05, 3.63) is 47.4 Å². The van der Waals surface area contributed by atoms with E-state index in [2.05, 4.69) is 53.5 Å². The number of nitrogens with zero attached hydrogens (tertiary/aromatic N) is 2. The first-order valence-corrected chi connectivity index (χ1v) is 7.81. The Morgan fingerprint density at radius 1 is 1.43 bits per heavy atom. The molecule has 2 unspecified atom stereocenters. The number of hydrogen-bond donors (Lipinski definition) is 1. The van der Waals surface area contributed by atoms with Crippen molar-refractivity contribution in [1.29, 1.82) is 0 Å². The van der Waals surface area contributed by atoms with Crippen LogP contribution in [0.1, 0.15) is 24.6 Å². The number of aryl methyl sites for hydroxylation is 1. The maximum absolute atomic E-state index is 4.88. The van der Waals surface area contributed by atoms with Crippen molar-refractivity contribution in [3.63, 3.8) is 0 Å². The fourth-order valence-corrected chi connectivity index (χ4v) is 3.70. The Hall–Kier alpha value is -1.87. The van der Waals surface area contributed by atoms with Gasteiger partial charge in [-0.3, -0.25) is 4.99 Å². The summed E-state index contributed by atoms with van der Waals surface area (Å²) in [5.74, 6) is 0.951. The lowest BCUT2D eigenvalue weighted by atomic mass is 9.85. The van der Waals surface area contributed by atoms with Gasteiger partial charge in [0.25, 0.3) is 0 Å². The Labute approximate surface area is 125 Å². The number of fused-ring (bicyclic) bond motifs is 1. The van der Waals surface area contributed by atoms with Crippen LogP contribution in [0.25, 0.3) is 11.3 Å². The summed E-state index contributed by atoms with van der Waals surface area (Å²) >= 11 is 0. The number of allylic oxidation sites excluding steroid dienone is 5. The summed E-state index contributed by atoms with van der Waals surface area (Å²) in [6.45, 7) is 3.24. The normalized spacial score (nSPS) is 26.3. The Kier molecular flexibility index (Phi) is 2.96. The van der Waals surface area contributed by atoms with Crippen LogP contribution in [0.4, 0.5) is 0 Å². The van der Waals surface area contributed by atoms with Crippen LogP contribution in [0.3, 0.4) is 0 Å². The van der Waals surface area contributed by atoms with Gasteiger partial charge in [0.1, 0.15) is 0 Å². The van der Waals surface area contributed by atoms with Crippen molar-refractivity contribution in [2.24, 2.45) is 16.8 Å². The maximum Gasteiger partial charge on any atom is 0.0693 e. The van der Waals surface area contributed by atoms with Crippen LogP contribution in [0, 0.1) is 11.8 Å². The molecule has 0 fully saturated rings. The average molecular weight is 279 g/mol. The molecule has 2 aliphatic carbocycles. The van der Waals surface area contributed by atoms with Crippen LogP contribution in [0.5, 0.6) is 0 Å². The van der Waals surface area contributed by atoms with Crippen molar-refractivity contribution in [2.75, 3.05) is 13.6 Å². The summed E-state index contributed by atoms with van der Waals surface area (Å²) in [7, 11) is 2.02. The molecule has 1 N–H and O–H groups in total. The number of aliphatic imine (C=N–C) groups is 1. The zero-order chi connectivity index (χ0) is 14.4. The molecular weight excluding hydrogens is 258 g/mol. The number of aromatic nitrogens is 1. The minimum atomic E-state index is 0.435. The first kappa shape index (κ1) is 12.8. The summed E-state index contributed by atoms with van der Waals surface area (Å²) in [6.07, 6.45) is 13.4. The largest absolute Gasteiger partial charge is 0.319 e. The highest BCUT2D eigenvalue weighted by atomic mass is 15.0. The Morgan fingerprint density at radius 2 is 2.33 bits per heavy atom. The van der Waals surface area contributed by atoms with Crippen molar-refractivity contribution >= 4 is 17.5 Å². The van der Waals surface area contributed by atoms with Gasteiger partial charge in [-0.25, -0.2) is 0 Å². The van der Waals surface area contributed by atoms with E-state index in [9.17, 15) is 0 Å². The molecule has 0 aromatic carbocycles. The summed E-state index contributed by atoms with van der Waals surface area (Å²) in [5, 5.41) is 3.32. The smallest absolute Gasteiger partial charge is 0.0693 e. The number of nitrogens with one attached hydrogen (secondary N) is 1. The second kappa shape index (κ2) is 4.85. The predicted octanol–water partition coefficient (Wildman–Crippen LogP) is 3.11. The minimum Gasteiger partial charge on any atom is -0.319 e. The van der Waals surface area contributed by atoms with Gasteiger partial charge in [0.15, 0.2) is 0 Å². The predicted molar refractivity (Wildman–Crippen MR) is 88.2 cm³/mol. The highest BCUT2D eigenvalue weighted by molar-refractivity contribution is 6.12. The van der Waals surface area contributed by atoms with Crippen LogP contribution in [-0.4, -0.2) is 24.4 Å². The van der Waals surface area contributed by atoms with Crippen LogP contribution in [0.2, 0.25) is 0 Å². The van der Waals surface area contributed by atoms with E-state index in [0.717, 1.165) is 19.4 Å². The second-order valence-electron chi connectivity index (χ2n) is 6.17. The molecule has 2 atom stereocenters. The van der Waals surface area contributed by atoms with Gasteiger partial charge in [-0.2, -0.15) is 0 Å². The Bertz CT molecular complexity index is 700. The molecule has 108 valence electrons. The van der Waals surface area contributed by atoms with Gasteiger partial charge in [0.2, 0.25) is 0 Å². The lowest BCUT2D eigenvalue weighted by Crippen LogP contribution is -2.27. The maximum atomic E-state index is 4.88. The monoisotopic (exact) mass is 279 g/mol. The molecule has 1 aromatic rings. The van der Waals surface area contributed by atoms with Gasteiger partial charge in [-0.15, -0.1) is 0 Å². The van der Waals surface area contributed by atoms with E-state index in [1.54, 1.807) is 0 Å². The quantitative estimate of drug-likeness (QED) is 0.885.